The maximum atomic E-state index is 11.7. The number of aromatic nitrogens is 1. The predicted molar refractivity (Wildman–Crippen MR) is 81.1 cm³/mol. The third-order valence-corrected chi connectivity index (χ3v) is 3.64. The van der Waals surface area contributed by atoms with Crippen LogP contribution >= 0.6 is 11.3 Å². The SMILES string of the molecule is Cc1ccccc1C=CC(=O)NCc1nc(C(=O)O)cs1. The Morgan fingerprint density at radius 2 is 2.14 bits per heavy atom. The van der Waals surface area contributed by atoms with Gasteiger partial charge in [-0.05, 0) is 24.1 Å². The average molecular weight is 302 g/mol. The Morgan fingerprint density at radius 3 is 2.81 bits per heavy atom. The average Bonchev–Trinajstić information content (AvgIpc) is 2.93. The van der Waals surface area contributed by atoms with Crippen LogP contribution in [-0.2, 0) is 11.3 Å². The third kappa shape index (κ3) is 4.25. The summed E-state index contributed by atoms with van der Waals surface area (Å²) in [6.07, 6.45) is 3.20. The number of nitrogens with zero attached hydrogens (tertiary/aromatic N) is 1. The van der Waals surface area contributed by atoms with E-state index in [-0.39, 0.29) is 18.1 Å². The van der Waals surface area contributed by atoms with Gasteiger partial charge in [0.25, 0.3) is 0 Å². The van der Waals surface area contributed by atoms with Gasteiger partial charge in [0.15, 0.2) is 5.69 Å². The zero-order valence-electron chi connectivity index (χ0n) is 11.4. The van der Waals surface area contributed by atoms with Gasteiger partial charge >= 0.3 is 5.97 Å². The van der Waals surface area contributed by atoms with Gasteiger partial charge in [-0.15, -0.1) is 11.3 Å². The third-order valence-electron chi connectivity index (χ3n) is 2.79. The number of benzene rings is 1. The van der Waals surface area contributed by atoms with E-state index >= 15 is 0 Å². The largest absolute Gasteiger partial charge is 0.476 e. The fourth-order valence-corrected chi connectivity index (χ4v) is 2.36. The molecular weight excluding hydrogens is 288 g/mol. The van der Waals surface area contributed by atoms with Crippen LogP contribution in [0.4, 0.5) is 0 Å². The number of hydrogen-bond acceptors (Lipinski definition) is 4. The molecule has 0 radical (unpaired) electrons. The molecule has 2 rings (SSSR count). The van der Waals surface area contributed by atoms with Crippen molar-refractivity contribution in [2.45, 2.75) is 13.5 Å². The van der Waals surface area contributed by atoms with Crippen LogP contribution in [0.25, 0.3) is 6.08 Å². The summed E-state index contributed by atoms with van der Waals surface area (Å²) in [5.41, 5.74) is 2.07. The molecular formula is C15H14N2O3S. The zero-order chi connectivity index (χ0) is 15.2. The molecule has 0 unspecified atom stereocenters. The highest BCUT2D eigenvalue weighted by Crippen LogP contribution is 2.10. The molecule has 0 aliphatic rings. The number of rotatable bonds is 5. The van der Waals surface area contributed by atoms with Gasteiger partial charge < -0.3 is 10.4 Å². The lowest BCUT2D eigenvalue weighted by Gasteiger charge is -2.00. The molecule has 0 spiro atoms. The van der Waals surface area contributed by atoms with Crippen LogP contribution in [0.3, 0.4) is 0 Å². The summed E-state index contributed by atoms with van der Waals surface area (Å²) < 4.78 is 0. The Bertz CT molecular complexity index is 692. The first-order valence-electron chi connectivity index (χ1n) is 6.25. The van der Waals surface area contributed by atoms with E-state index in [2.05, 4.69) is 10.3 Å². The van der Waals surface area contributed by atoms with Crippen molar-refractivity contribution in [3.8, 4) is 0 Å². The summed E-state index contributed by atoms with van der Waals surface area (Å²) in [7, 11) is 0. The molecule has 1 heterocycles. The van der Waals surface area contributed by atoms with Gasteiger partial charge in [0.2, 0.25) is 5.91 Å². The summed E-state index contributed by atoms with van der Waals surface area (Å²) in [5.74, 6) is -1.31. The molecule has 2 aromatic rings. The van der Waals surface area contributed by atoms with E-state index in [4.69, 9.17) is 5.11 Å². The summed E-state index contributed by atoms with van der Waals surface area (Å²) in [5, 5.41) is 13.4. The molecule has 108 valence electrons. The number of nitrogens with one attached hydrogen (secondary N) is 1. The summed E-state index contributed by atoms with van der Waals surface area (Å²) in [6, 6.07) is 7.75. The van der Waals surface area contributed by atoms with E-state index in [9.17, 15) is 9.59 Å². The molecule has 2 N–H and O–H groups in total. The van der Waals surface area contributed by atoms with Crippen LogP contribution < -0.4 is 5.32 Å². The van der Waals surface area contributed by atoms with Gasteiger partial charge in [0.1, 0.15) is 5.01 Å². The second kappa shape index (κ2) is 6.81. The van der Waals surface area contributed by atoms with E-state index in [1.165, 1.54) is 22.8 Å². The van der Waals surface area contributed by atoms with Gasteiger partial charge in [-0.25, -0.2) is 9.78 Å². The molecule has 0 aliphatic carbocycles. The Hall–Kier alpha value is -2.47. The van der Waals surface area contributed by atoms with Crippen molar-refractivity contribution < 1.29 is 14.7 Å². The highest BCUT2D eigenvalue weighted by molar-refractivity contribution is 7.09. The number of carboxylic acid groups (broad SMARTS) is 1. The molecule has 1 amide bonds. The maximum absolute atomic E-state index is 11.7. The number of amides is 1. The molecule has 1 aromatic carbocycles. The van der Waals surface area contributed by atoms with Gasteiger partial charge in [-0.1, -0.05) is 24.3 Å². The van der Waals surface area contributed by atoms with Gasteiger partial charge in [0, 0.05) is 11.5 Å². The number of aromatic carboxylic acids is 1. The minimum absolute atomic E-state index is 0.000276. The molecule has 21 heavy (non-hydrogen) atoms. The van der Waals surface area contributed by atoms with Crippen molar-refractivity contribution >= 4 is 29.3 Å². The first-order chi connectivity index (χ1) is 10.1. The van der Waals surface area contributed by atoms with Crippen LogP contribution in [0.5, 0.6) is 0 Å². The highest BCUT2D eigenvalue weighted by Gasteiger charge is 2.08. The Labute approximate surface area is 126 Å². The standard InChI is InChI=1S/C15H14N2O3S/c1-10-4-2-3-5-11(10)6-7-13(18)16-8-14-17-12(9-21-14)15(19)20/h2-7,9H,8H2,1H3,(H,16,18)(H,19,20). The molecule has 1 aromatic heterocycles. The number of aryl methyl sites for hydroxylation is 1. The maximum Gasteiger partial charge on any atom is 0.355 e. The van der Waals surface area contributed by atoms with Crippen molar-refractivity contribution in [2.24, 2.45) is 0 Å². The summed E-state index contributed by atoms with van der Waals surface area (Å²) >= 11 is 1.21. The Balaban J connectivity index is 1.90. The van der Waals surface area contributed by atoms with E-state index in [0.717, 1.165) is 11.1 Å². The van der Waals surface area contributed by atoms with Crippen molar-refractivity contribution in [2.75, 3.05) is 0 Å². The lowest BCUT2D eigenvalue weighted by atomic mass is 10.1. The number of thiazole rings is 1. The zero-order valence-corrected chi connectivity index (χ0v) is 12.2. The van der Waals surface area contributed by atoms with Crippen LogP contribution in [0, 0.1) is 6.92 Å². The lowest BCUT2D eigenvalue weighted by molar-refractivity contribution is -0.116. The van der Waals surface area contributed by atoms with Crippen LogP contribution in [0.1, 0.15) is 26.6 Å². The smallest absolute Gasteiger partial charge is 0.355 e. The second-order valence-corrected chi connectivity index (χ2v) is 5.28. The van der Waals surface area contributed by atoms with Gasteiger partial charge in [0.05, 0.1) is 6.54 Å². The monoisotopic (exact) mass is 302 g/mol. The summed E-state index contributed by atoms with van der Waals surface area (Å²) in [6.45, 7) is 2.19. The van der Waals surface area contributed by atoms with Crippen molar-refractivity contribution in [1.82, 2.24) is 10.3 Å². The van der Waals surface area contributed by atoms with Gasteiger partial charge in [-0.2, -0.15) is 0 Å². The molecule has 0 aliphatic heterocycles. The van der Waals surface area contributed by atoms with Crippen LogP contribution in [0.15, 0.2) is 35.7 Å². The number of carboxylic acids is 1. The van der Waals surface area contributed by atoms with Crippen LogP contribution in [-0.4, -0.2) is 22.0 Å². The van der Waals surface area contributed by atoms with E-state index < -0.39 is 5.97 Å². The number of hydrogen-bond donors (Lipinski definition) is 2. The van der Waals surface area contributed by atoms with E-state index in [1.807, 2.05) is 31.2 Å². The first kappa shape index (κ1) is 14.9. The topological polar surface area (TPSA) is 79.3 Å². The molecule has 0 bridgehead atoms. The Morgan fingerprint density at radius 1 is 1.38 bits per heavy atom. The van der Waals surface area contributed by atoms with Crippen molar-refractivity contribution in [1.29, 1.82) is 0 Å². The van der Waals surface area contributed by atoms with Crippen molar-refractivity contribution in [3.63, 3.8) is 0 Å². The normalized spacial score (nSPS) is 10.7. The molecule has 0 atom stereocenters. The summed E-state index contributed by atoms with van der Waals surface area (Å²) in [4.78, 5) is 26.3. The van der Waals surface area contributed by atoms with Gasteiger partial charge in [-0.3, -0.25) is 4.79 Å². The van der Waals surface area contributed by atoms with E-state index in [1.54, 1.807) is 6.08 Å². The first-order valence-corrected chi connectivity index (χ1v) is 7.13. The van der Waals surface area contributed by atoms with E-state index in [0.29, 0.717) is 5.01 Å². The van der Waals surface area contributed by atoms with Crippen molar-refractivity contribution in [3.05, 3.63) is 57.6 Å². The number of carbonyl (C=O) groups excluding carboxylic acids is 1. The van der Waals surface area contributed by atoms with Crippen LogP contribution in [0.2, 0.25) is 0 Å². The predicted octanol–water partition coefficient (Wildman–Crippen LogP) is 2.48. The fourth-order valence-electron chi connectivity index (χ4n) is 1.65. The molecule has 0 saturated heterocycles. The minimum atomic E-state index is -1.07. The molecule has 5 nitrogen and oxygen atoms in total. The lowest BCUT2D eigenvalue weighted by Crippen LogP contribution is -2.20. The number of carbonyl (C=O) groups is 2. The highest BCUT2D eigenvalue weighted by atomic mass is 32.1. The Kier molecular flexibility index (Phi) is 4.84. The molecule has 6 heteroatoms. The quantitative estimate of drug-likeness (QED) is 0.832. The molecule has 0 fully saturated rings. The fraction of sp³-hybridized carbons (Fsp3) is 0.133. The second-order valence-electron chi connectivity index (χ2n) is 4.34. The minimum Gasteiger partial charge on any atom is -0.476 e. The molecule has 0 saturated carbocycles.